The molecule has 2 aromatic carbocycles. The van der Waals surface area contributed by atoms with E-state index in [1.165, 1.54) is 12.1 Å². The Hall–Kier alpha value is -4.19. The molecule has 1 saturated carbocycles. The lowest BCUT2D eigenvalue weighted by molar-refractivity contribution is -0.139. The summed E-state index contributed by atoms with van der Waals surface area (Å²) in [6, 6.07) is 17.0. The molecule has 1 aliphatic carbocycles. The molecule has 1 fully saturated rings. The van der Waals surface area contributed by atoms with Crippen molar-refractivity contribution >= 4 is 17.6 Å². The van der Waals surface area contributed by atoms with Crippen LogP contribution in [0.25, 0.3) is 22.6 Å². The Kier molecular flexibility index (Phi) is 7.88. The Morgan fingerprint density at radius 2 is 1.75 bits per heavy atom. The standard InChI is InChI=1S/C29H30FN5O5/c30-19-8-6-18(7-9-19)26-25(23-10-14-31-28(33-23)32-20-4-2-1-3-5-20)34-27(29(40)12-13-29)35(26)15-11-21(36)16-22(37)17-24(38)39/h1-10,14,21-22,36-37,40H,11-13,15-17H2,(H,38,39)(H,31,32,33)/t21-,22-/m1/s1. The first-order valence-corrected chi connectivity index (χ1v) is 13.0. The molecule has 0 bridgehead atoms. The van der Waals surface area contributed by atoms with Crippen molar-refractivity contribution in [1.29, 1.82) is 0 Å². The lowest BCUT2D eigenvalue weighted by Crippen LogP contribution is -2.23. The number of aliphatic hydroxyl groups is 3. The summed E-state index contributed by atoms with van der Waals surface area (Å²) in [5.41, 5.74) is 1.80. The van der Waals surface area contributed by atoms with Crippen LogP contribution in [-0.2, 0) is 16.9 Å². The second kappa shape index (κ2) is 11.5. The van der Waals surface area contributed by atoms with Crippen molar-refractivity contribution in [3.8, 4) is 22.6 Å². The van der Waals surface area contributed by atoms with Crippen LogP contribution in [0.2, 0.25) is 0 Å². The predicted molar refractivity (Wildman–Crippen MR) is 145 cm³/mol. The van der Waals surface area contributed by atoms with Gasteiger partial charge >= 0.3 is 5.97 Å². The summed E-state index contributed by atoms with van der Waals surface area (Å²) in [7, 11) is 0. The zero-order chi connectivity index (χ0) is 28.3. The van der Waals surface area contributed by atoms with Gasteiger partial charge in [0.05, 0.1) is 30.0 Å². The molecule has 4 aromatic rings. The smallest absolute Gasteiger partial charge is 0.305 e. The first-order valence-electron chi connectivity index (χ1n) is 13.0. The summed E-state index contributed by atoms with van der Waals surface area (Å²) in [4.78, 5) is 24.7. The highest BCUT2D eigenvalue weighted by molar-refractivity contribution is 5.78. The summed E-state index contributed by atoms with van der Waals surface area (Å²) in [5.74, 6) is -0.812. The van der Waals surface area contributed by atoms with Crippen molar-refractivity contribution in [2.45, 2.75) is 56.5 Å². The van der Waals surface area contributed by atoms with Crippen LogP contribution in [0.15, 0.2) is 66.9 Å². The minimum absolute atomic E-state index is 0.111. The van der Waals surface area contributed by atoms with E-state index in [-0.39, 0.29) is 19.4 Å². The van der Waals surface area contributed by atoms with Gasteiger partial charge < -0.3 is 30.3 Å². The average molecular weight is 548 g/mol. The van der Waals surface area contributed by atoms with E-state index in [9.17, 15) is 24.5 Å². The Morgan fingerprint density at radius 1 is 1.02 bits per heavy atom. The number of hydrogen-bond donors (Lipinski definition) is 5. The summed E-state index contributed by atoms with van der Waals surface area (Å²) in [5, 5.41) is 43.8. The molecule has 0 aliphatic heterocycles. The number of aliphatic hydroxyl groups excluding tert-OH is 2. The zero-order valence-corrected chi connectivity index (χ0v) is 21.6. The molecule has 1 aliphatic rings. The summed E-state index contributed by atoms with van der Waals surface area (Å²) < 4.78 is 15.7. The molecule has 0 saturated heterocycles. The molecule has 2 heterocycles. The van der Waals surface area contributed by atoms with E-state index < -0.39 is 36.0 Å². The molecule has 2 aromatic heterocycles. The van der Waals surface area contributed by atoms with Crippen molar-refractivity contribution in [3.63, 3.8) is 0 Å². The number of aromatic nitrogens is 4. The number of hydrogen-bond acceptors (Lipinski definition) is 8. The van der Waals surface area contributed by atoms with Gasteiger partial charge in [-0.3, -0.25) is 4.79 Å². The molecule has 2 atom stereocenters. The average Bonchev–Trinajstić information content (AvgIpc) is 3.55. The number of anilines is 2. The van der Waals surface area contributed by atoms with Crippen molar-refractivity contribution < 1.29 is 29.6 Å². The molecule has 40 heavy (non-hydrogen) atoms. The molecular weight excluding hydrogens is 517 g/mol. The second-order valence-electron chi connectivity index (χ2n) is 10.0. The van der Waals surface area contributed by atoms with E-state index >= 15 is 0 Å². The van der Waals surface area contributed by atoms with Gasteiger partial charge in [-0.15, -0.1) is 0 Å². The van der Waals surface area contributed by atoms with E-state index in [0.717, 1.165) is 5.69 Å². The van der Waals surface area contributed by atoms with Crippen molar-refractivity contribution in [1.82, 2.24) is 19.5 Å². The van der Waals surface area contributed by atoms with Gasteiger partial charge in [0.25, 0.3) is 0 Å². The lowest BCUT2D eigenvalue weighted by Gasteiger charge is -2.19. The van der Waals surface area contributed by atoms with Crippen molar-refractivity contribution in [3.05, 3.63) is 78.5 Å². The predicted octanol–water partition coefficient (Wildman–Crippen LogP) is 3.85. The maximum atomic E-state index is 13.9. The SMILES string of the molecule is O=C(O)C[C@H](O)C[C@H](O)CCn1c(C2(O)CC2)nc(-c2ccnc(Nc3ccccc3)n2)c1-c1ccc(F)cc1. The minimum atomic E-state index is -1.19. The van der Waals surface area contributed by atoms with Gasteiger partial charge in [-0.1, -0.05) is 18.2 Å². The molecular formula is C29H30FN5O5. The van der Waals surface area contributed by atoms with Crippen LogP contribution in [0.1, 0.15) is 37.9 Å². The van der Waals surface area contributed by atoms with Crippen LogP contribution < -0.4 is 5.32 Å². The van der Waals surface area contributed by atoms with Crippen molar-refractivity contribution in [2.75, 3.05) is 5.32 Å². The van der Waals surface area contributed by atoms with E-state index in [1.54, 1.807) is 29.0 Å². The fourth-order valence-electron chi connectivity index (χ4n) is 4.64. The topological polar surface area (TPSA) is 154 Å². The molecule has 0 spiro atoms. The van der Waals surface area contributed by atoms with Crippen LogP contribution in [0.4, 0.5) is 16.0 Å². The number of imidazole rings is 1. The molecule has 0 unspecified atom stereocenters. The highest BCUT2D eigenvalue weighted by Gasteiger charge is 2.47. The number of nitrogens with one attached hydrogen (secondary N) is 1. The number of carboxylic acid groups (broad SMARTS) is 1. The fraction of sp³-hybridized carbons (Fsp3) is 0.310. The Morgan fingerprint density at radius 3 is 2.42 bits per heavy atom. The van der Waals surface area contributed by atoms with Gasteiger partial charge in [-0.25, -0.2) is 19.3 Å². The maximum Gasteiger partial charge on any atom is 0.305 e. The molecule has 5 rings (SSSR count). The number of carbonyl (C=O) groups is 1. The Labute approximate surface area is 229 Å². The monoisotopic (exact) mass is 547 g/mol. The van der Waals surface area contributed by atoms with Gasteiger partial charge in [0, 0.05) is 24.0 Å². The second-order valence-corrected chi connectivity index (χ2v) is 10.0. The number of nitrogens with zero attached hydrogens (tertiary/aromatic N) is 4. The quantitative estimate of drug-likeness (QED) is 0.178. The zero-order valence-electron chi connectivity index (χ0n) is 21.6. The van der Waals surface area contributed by atoms with E-state index in [0.29, 0.717) is 47.3 Å². The van der Waals surface area contributed by atoms with Crippen LogP contribution in [0.3, 0.4) is 0 Å². The third-order valence-electron chi connectivity index (χ3n) is 6.79. The molecule has 11 heteroatoms. The van der Waals surface area contributed by atoms with Crippen LogP contribution in [-0.4, -0.2) is 58.1 Å². The van der Waals surface area contributed by atoms with Gasteiger partial charge in [0.15, 0.2) is 0 Å². The van der Waals surface area contributed by atoms with E-state index in [1.807, 2.05) is 30.3 Å². The number of benzene rings is 2. The van der Waals surface area contributed by atoms with Crippen LogP contribution in [0.5, 0.6) is 0 Å². The van der Waals surface area contributed by atoms with Crippen LogP contribution >= 0.6 is 0 Å². The Bertz CT molecular complexity index is 1470. The van der Waals surface area contributed by atoms with Crippen LogP contribution in [0, 0.1) is 5.82 Å². The first-order chi connectivity index (χ1) is 19.2. The lowest BCUT2D eigenvalue weighted by atomic mass is 10.1. The molecule has 10 nitrogen and oxygen atoms in total. The van der Waals surface area contributed by atoms with Gasteiger partial charge in [0.2, 0.25) is 5.95 Å². The number of aliphatic carboxylic acids is 1. The third kappa shape index (κ3) is 6.33. The molecule has 208 valence electrons. The number of rotatable bonds is 12. The first kappa shape index (κ1) is 27.4. The van der Waals surface area contributed by atoms with Gasteiger partial charge in [0.1, 0.15) is 22.9 Å². The third-order valence-corrected chi connectivity index (χ3v) is 6.79. The summed E-state index contributed by atoms with van der Waals surface area (Å²) in [6.45, 7) is 0.207. The highest BCUT2D eigenvalue weighted by atomic mass is 19.1. The number of carboxylic acids is 1. The molecule has 0 amide bonds. The normalized spacial score (nSPS) is 15.4. The number of para-hydroxylation sites is 1. The molecule has 0 radical (unpaired) electrons. The van der Waals surface area contributed by atoms with E-state index in [4.69, 9.17) is 10.1 Å². The van der Waals surface area contributed by atoms with E-state index in [2.05, 4.69) is 15.3 Å². The molecule has 5 N–H and O–H groups in total. The van der Waals surface area contributed by atoms with Gasteiger partial charge in [-0.2, -0.15) is 0 Å². The fourth-order valence-corrected chi connectivity index (χ4v) is 4.64. The summed E-state index contributed by atoms with van der Waals surface area (Å²) >= 11 is 0. The van der Waals surface area contributed by atoms with Gasteiger partial charge in [-0.05, 0) is 68.1 Å². The maximum absolute atomic E-state index is 13.9. The minimum Gasteiger partial charge on any atom is -0.481 e. The largest absolute Gasteiger partial charge is 0.481 e. The number of halogens is 1. The highest BCUT2D eigenvalue weighted by Crippen LogP contribution is 2.47. The summed E-state index contributed by atoms with van der Waals surface area (Å²) in [6.07, 6.45) is 0.0160. The van der Waals surface area contributed by atoms with Crippen molar-refractivity contribution in [2.24, 2.45) is 0 Å². The Balaban J connectivity index is 1.54.